The van der Waals surface area contributed by atoms with Crippen molar-refractivity contribution in [2.75, 3.05) is 13.6 Å². The number of H-pyrrole nitrogens is 1. The first-order valence-corrected chi connectivity index (χ1v) is 10.4. The molecule has 2 unspecified atom stereocenters. The van der Waals surface area contributed by atoms with Crippen LogP contribution in [0.25, 0.3) is 6.08 Å². The quantitative estimate of drug-likeness (QED) is 0.631. The summed E-state index contributed by atoms with van der Waals surface area (Å²) in [7, 11) is 1.88. The first-order valence-electron chi connectivity index (χ1n) is 10.4. The van der Waals surface area contributed by atoms with Gasteiger partial charge in [-0.1, -0.05) is 6.08 Å². The Morgan fingerprint density at radius 1 is 1.29 bits per heavy atom. The normalized spacial score (nSPS) is 25.6. The summed E-state index contributed by atoms with van der Waals surface area (Å²) in [6.07, 6.45) is 15.5. The van der Waals surface area contributed by atoms with Gasteiger partial charge in [-0.05, 0) is 70.7 Å². The molecular weight excluding hydrogens is 350 g/mol. The molecule has 3 rings (SSSR count). The van der Waals surface area contributed by atoms with Gasteiger partial charge in [0, 0.05) is 31.1 Å². The molecule has 2 saturated heterocycles. The van der Waals surface area contributed by atoms with Crippen molar-refractivity contribution in [1.82, 2.24) is 25.5 Å². The van der Waals surface area contributed by atoms with E-state index in [9.17, 15) is 4.79 Å². The summed E-state index contributed by atoms with van der Waals surface area (Å²) in [6, 6.07) is 1.07. The van der Waals surface area contributed by atoms with E-state index in [4.69, 9.17) is 0 Å². The Morgan fingerprint density at radius 2 is 2.00 bits per heavy atom. The number of carbonyl (C=O) groups is 1. The lowest BCUT2D eigenvalue weighted by atomic mass is 9.88. The topological polar surface area (TPSA) is 73.1 Å². The molecule has 154 valence electrons. The number of piperidine rings is 1. The molecule has 2 aliphatic heterocycles. The van der Waals surface area contributed by atoms with Gasteiger partial charge in [0.15, 0.2) is 0 Å². The van der Waals surface area contributed by atoms with Crippen LogP contribution in [0.5, 0.6) is 0 Å². The fourth-order valence-electron chi connectivity index (χ4n) is 4.59. The summed E-state index contributed by atoms with van der Waals surface area (Å²) in [5.74, 6) is 1.87. The Kier molecular flexibility index (Phi) is 6.60. The molecule has 2 atom stereocenters. The standard InChI is InChI=1S/C22H35N5O/c1-22(2,3)26-21(28)15-27-18-8-9-19(27)12-16(11-18)13-20-24-14-17(25-20)7-5-6-10-23-4/h5-7,10,14,16,18-19,23H,8-9,11-13,15H2,1-4H3,(H,24,25)(H,26,28)/b7-5-,10-6+. The second-order valence-corrected chi connectivity index (χ2v) is 9.19. The van der Waals surface area contributed by atoms with Crippen LogP contribution in [0.1, 0.15) is 58.0 Å². The fourth-order valence-corrected chi connectivity index (χ4v) is 4.59. The van der Waals surface area contributed by atoms with Crippen LogP contribution in [0, 0.1) is 5.92 Å². The van der Waals surface area contributed by atoms with E-state index in [1.54, 1.807) is 0 Å². The van der Waals surface area contributed by atoms with Crippen LogP contribution >= 0.6 is 0 Å². The zero-order valence-corrected chi connectivity index (χ0v) is 17.7. The summed E-state index contributed by atoms with van der Waals surface area (Å²) < 4.78 is 0. The second kappa shape index (κ2) is 8.95. The van der Waals surface area contributed by atoms with Crippen LogP contribution in [0.4, 0.5) is 0 Å². The molecule has 0 radical (unpaired) electrons. The minimum Gasteiger partial charge on any atom is -0.394 e. The summed E-state index contributed by atoms with van der Waals surface area (Å²) in [4.78, 5) is 22.8. The summed E-state index contributed by atoms with van der Waals surface area (Å²) in [5, 5.41) is 6.07. The molecule has 0 spiro atoms. The van der Waals surface area contributed by atoms with Gasteiger partial charge in [-0.25, -0.2) is 4.98 Å². The highest BCUT2D eigenvalue weighted by molar-refractivity contribution is 5.78. The molecule has 2 aliphatic rings. The maximum atomic E-state index is 12.4. The van der Waals surface area contributed by atoms with E-state index in [0.717, 1.165) is 30.8 Å². The van der Waals surface area contributed by atoms with Crippen molar-refractivity contribution in [3.63, 3.8) is 0 Å². The van der Waals surface area contributed by atoms with Crippen molar-refractivity contribution >= 4 is 12.0 Å². The Hall–Kier alpha value is -2.08. The van der Waals surface area contributed by atoms with E-state index in [2.05, 4.69) is 25.5 Å². The summed E-state index contributed by atoms with van der Waals surface area (Å²) in [6.45, 7) is 6.65. The number of aromatic nitrogens is 2. The molecule has 0 aromatic carbocycles. The van der Waals surface area contributed by atoms with Gasteiger partial charge in [-0.2, -0.15) is 0 Å². The number of nitrogens with one attached hydrogen (secondary N) is 3. The molecule has 2 fully saturated rings. The zero-order valence-electron chi connectivity index (χ0n) is 17.7. The van der Waals surface area contributed by atoms with E-state index in [-0.39, 0.29) is 11.4 Å². The molecule has 0 saturated carbocycles. The third-order valence-corrected chi connectivity index (χ3v) is 5.60. The minimum atomic E-state index is -0.164. The van der Waals surface area contributed by atoms with Gasteiger partial charge in [-0.15, -0.1) is 0 Å². The number of allylic oxidation sites excluding steroid dienone is 2. The minimum absolute atomic E-state index is 0.151. The van der Waals surface area contributed by atoms with Gasteiger partial charge in [0.2, 0.25) is 5.91 Å². The maximum Gasteiger partial charge on any atom is 0.234 e. The monoisotopic (exact) mass is 385 g/mol. The van der Waals surface area contributed by atoms with E-state index in [1.165, 1.54) is 12.8 Å². The van der Waals surface area contributed by atoms with E-state index in [0.29, 0.717) is 24.5 Å². The number of imidazole rings is 1. The number of nitrogens with zero attached hydrogens (tertiary/aromatic N) is 2. The van der Waals surface area contributed by atoms with Gasteiger partial charge in [0.25, 0.3) is 0 Å². The van der Waals surface area contributed by atoms with Gasteiger partial charge < -0.3 is 15.6 Å². The Balaban J connectivity index is 1.52. The third-order valence-electron chi connectivity index (χ3n) is 5.60. The Morgan fingerprint density at radius 3 is 2.64 bits per heavy atom. The highest BCUT2D eigenvalue weighted by Crippen LogP contribution is 2.39. The maximum absolute atomic E-state index is 12.4. The average Bonchev–Trinajstić information content (AvgIpc) is 3.12. The first kappa shape index (κ1) is 20.6. The third kappa shape index (κ3) is 5.71. The number of amides is 1. The van der Waals surface area contributed by atoms with Crippen LogP contribution in [-0.2, 0) is 11.2 Å². The summed E-state index contributed by atoms with van der Waals surface area (Å²) in [5.41, 5.74) is 0.873. The van der Waals surface area contributed by atoms with Crippen LogP contribution in [0.15, 0.2) is 24.5 Å². The molecule has 1 aromatic rings. The van der Waals surface area contributed by atoms with E-state index in [1.807, 2.05) is 58.4 Å². The smallest absolute Gasteiger partial charge is 0.234 e. The van der Waals surface area contributed by atoms with Crippen LogP contribution in [0.3, 0.4) is 0 Å². The molecule has 6 nitrogen and oxygen atoms in total. The highest BCUT2D eigenvalue weighted by Gasteiger charge is 2.41. The molecule has 0 aliphatic carbocycles. The molecule has 2 bridgehead atoms. The molecule has 1 amide bonds. The fraction of sp³-hybridized carbons (Fsp3) is 0.636. The van der Waals surface area contributed by atoms with Crippen LogP contribution in [-0.4, -0.2) is 52.0 Å². The molecule has 3 heterocycles. The lowest BCUT2D eigenvalue weighted by molar-refractivity contribution is -0.125. The van der Waals surface area contributed by atoms with E-state index >= 15 is 0 Å². The number of hydrogen-bond acceptors (Lipinski definition) is 4. The highest BCUT2D eigenvalue weighted by atomic mass is 16.2. The van der Waals surface area contributed by atoms with Gasteiger partial charge in [-0.3, -0.25) is 9.69 Å². The molecule has 1 aromatic heterocycles. The average molecular weight is 386 g/mol. The first-order chi connectivity index (χ1) is 13.3. The SMILES string of the molecule is CN/C=C/C=C\c1cnc(CC2CC3CCC(C2)N3CC(=O)NC(C)(C)C)[nH]1. The van der Waals surface area contributed by atoms with Gasteiger partial charge in [0.05, 0.1) is 18.4 Å². The van der Waals surface area contributed by atoms with E-state index < -0.39 is 0 Å². The molecule has 3 N–H and O–H groups in total. The van der Waals surface area contributed by atoms with Crippen molar-refractivity contribution < 1.29 is 4.79 Å². The largest absolute Gasteiger partial charge is 0.394 e. The molecule has 28 heavy (non-hydrogen) atoms. The second-order valence-electron chi connectivity index (χ2n) is 9.19. The van der Waals surface area contributed by atoms with Crippen molar-refractivity contribution in [3.05, 3.63) is 36.1 Å². The Bertz CT molecular complexity index is 701. The number of rotatable bonds is 7. The lowest BCUT2D eigenvalue weighted by Crippen LogP contribution is -2.51. The van der Waals surface area contributed by atoms with Crippen LogP contribution in [0.2, 0.25) is 0 Å². The number of hydrogen-bond donors (Lipinski definition) is 3. The zero-order chi connectivity index (χ0) is 20.1. The Labute approximate surface area is 168 Å². The predicted molar refractivity (Wildman–Crippen MR) is 114 cm³/mol. The lowest BCUT2D eigenvalue weighted by Gasteiger charge is -2.38. The van der Waals surface area contributed by atoms with Crippen molar-refractivity contribution in [2.24, 2.45) is 5.92 Å². The van der Waals surface area contributed by atoms with Crippen LogP contribution < -0.4 is 10.6 Å². The number of fused-ring (bicyclic) bond motifs is 2. The summed E-state index contributed by atoms with van der Waals surface area (Å²) >= 11 is 0. The van der Waals surface area contributed by atoms with Crippen molar-refractivity contribution in [1.29, 1.82) is 0 Å². The van der Waals surface area contributed by atoms with Crippen molar-refractivity contribution in [2.45, 2.75) is 70.5 Å². The number of aromatic amines is 1. The predicted octanol–water partition coefficient (Wildman–Crippen LogP) is 2.86. The van der Waals surface area contributed by atoms with Crippen molar-refractivity contribution in [3.8, 4) is 0 Å². The molecular formula is C22H35N5O. The number of carbonyl (C=O) groups excluding carboxylic acids is 1. The van der Waals surface area contributed by atoms with Gasteiger partial charge in [0.1, 0.15) is 5.82 Å². The van der Waals surface area contributed by atoms with Gasteiger partial charge >= 0.3 is 0 Å². The molecule has 6 heteroatoms.